The van der Waals surface area contributed by atoms with Crippen LogP contribution in [0.1, 0.15) is 27.1 Å². The molecule has 1 aliphatic heterocycles. The second kappa shape index (κ2) is 5.77. The monoisotopic (exact) mass is 298 g/mol. The van der Waals surface area contributed by atoms with Gasteiger partial charge in [0.2, 0.25) is 0 Å². The van der Waals surface area contributed by atoms with Crippen molar-refractivity contribution in [2.45, 2.75) is 6.42 Å². The molecule has 0 aliphatic carbocycles. The van der Waals surface area contributed by atoms with Crippen LogP contribution in [-0.2, 0) is 4.74 Å². The Morgan fingerprint density at radius 1 is 1.09 bits per heavy atom. The number of nitrogens with zero attached hydrogens (tertiary/aromatic N) is 1. The Hall–Kier alpha value is -2.40. The molecule has 0 aromatic heterocycles. The van der Waals surface area contributed by atoms with E-state index in [4.69, 9.17) is 4.74 Å². The largest absolute Gasteiger partial charge is 0.385 e. The first-order chi connectivity index (χ1) is 10.6. The molecule has 5 nitrogen and oxygen atoms in total. The summed E-state index contributed by atoms with van der Waals surface area (Å²) in [4.78, 5) is 25.8. The van der Waals surface area contributed by atoms with Crippen molar-refractivity contribution >= 4 is 28.3 Å². The summed E-state index contributed by atoms with van der Waals surface area (Å²) in [6, 6.07) is 9.24. The molecule has 1 aliphatic rings. The fourth-order valence-electron chi connectivity index (χ4n) is 2.81. The quantitative estimate of drug-likeness (QED) is 0.680. The van der Waals surface area contributed by atoms with Crippen molar-refractivity contribution in [3.8, 4) is 0 Å². The van der Waals surface area contributed by atoms with Crippen LogP contribution in [0.2, 0.25) is 0 Å². The van der Waals surface area contributed by atoms with E-state index in [1.807, 2.05) is 18.2 Å². The molecule has 0 atom stereocenters. The van der Waals surface area contributed by atoms with Crippen molar-refractivity contribution in [2.75, 3.05) is 32.6 Å². The van der Waals surface area contributed by atoms with E-state index in [0.717, 1.165) is 29.4 Å². The molecule has 0 spiro atoms. The number of benzene rings is 2. The molecule has 22 heavy (non-hydrogen) atoms. The number of carbonyl (C=O) groups is 2. The van der Waals surface area contributed by atoms with Gasteiger partial charge in [-0.2, -0.15) is 0 Å². The molecule has 0 bridgehead atoms. The van der Waals surface area contributed by atoms with Crippen LogP contribution >= 0.6 is 0 Å². The minimum atomic E-state index is -0.250. The van der Waals surface area contributed by atoms with E-state index in [1.54, 1.807) is 19.2 Å². The Balaban J connectivity index is 2.06. The number of hydrogen-bond donors (Lipinski definition) is 1. The van der Waals surface area contributed by atoms with Gasteiger partial charge in [-0.3, -0.25) is 14.5 Å². The highest BCUT2D eigenvalue weighted by Crippen LogP contribution is 2.33. The first kappa shape index (κ1) is 14.5. The van der Waals surface area contributed by atoms with Crippen molar-refractivity contribution in [2.24, 2.45) is 0 Å². The van der Waals surface area contributed by atoms with E-state index < -0.39 is 0 Å². The van der Waals surface area contributed by atoms with Crippen LogP contribution in [0.15, 0.2) is 30.3 Å². The van der Waals surface area contributed by atoms with Crippen LogP contribution in [0.4, 0.5) is 5.69 Å². The lowest BCUT2D eigenvalue weighted by Crippen LogP contribution is -2.36. The summed E-state index contributed by atoms with van der Waals surface area (Å²) in [7, 11) is 3.19. The van der Waals surface area contributed by atoms with E-state index in [9.17, 15) is 9.59 Å². The second-order valence-electron chi connectivity index (χ2n) is 5.33. The standard InChI is InChI=1S/C17H18N2O3/c1-19-16(20)12-6-3-5-11-14(18-9-4-10-22-2)8-7-13(15(11)12)17(19)21/h3,5-8,18H,4,9-10H2,1-2H3. The third-order valence-corrected chi connectivity index (χ3v) is 3.95. The molecule has 0 saturated heterocycles. The molecule has 2 aromatic carbocycles. The smallest absolute Gasteiger partial charge is 0.261 e. The highest BCUT2D eigenvalue weighted by atomic mass is 16.5. The fourth-order valence-corrected chi connectivity index (χ4v) is 2.81. The minimum absolute atomic E-state index is 0.250. The summed E-state index contributed by atoms with van der Waals surface area (Å²) < 4.78 is 5.04. The lowest BCUT2D eigenvalue weighted by atomic mass is 9.93. The topological polar surface area (TPSA) is 58.6 Å². The number of hydrogen-bond acceptors (Lipinski definition) is 4. The zero-order chi connectivity index (χ0) is 15.7. The van der Waals surface area contributed by atoms with E-state index in [0.29, 0.717) is 17.7 Å². The van der Waals surface area contributed by atoms with Gasteiger partial charge in [0.15, 0.2) is 0 Å². The zero-order valence-corrected chi connectivity index (χ0v) is 12.7. The summed E-state index contributed by atoms with van der Waals surface area (Å²) in [5.41, 5.74) is 2.09. The van der Waals surface area contributed by atoms with Gasteiger partial charge in [-0.1, -0.05) is 12.1 Å². The SMILES string of the molecule is COCCCNc1ccc2c3c(cccc13)C(=O)N(C)C2=O. The van der Waals surface area contributed by atoms with Crippen molar-refractivity contribution in [1.29, 1.82) is 0 Å². The van der Waals surface area contributed by atoms with Crippen molar-refractivity contribution in [3.63, 3.8) is 0 Å². The van der Waals surface area contributed by atoms with Crippen LogP contribution in [0.3, 0.4) is 0 Å². The number of imide groups is 1. The highest BCUT2D eigenvalue weighted by molar-refractivity contribution is 6.26. The van der Waals surface area contributed by atoms with Crippen molar-refractivity contribution in [1.82, 2.24) is 4.90 Å². The van der Waals surface area contributed by atoms with Crippen molar-refractivity contribution < 1.29 is 14.3 Å². The first-order valence-corrected chi connectivity index (χ1v) is 7.26. The predicted octanol–water partition coefficient (Wildman–Crippen LogP) is 2.51. The number of methoxy groups -OCH3 is 1. The van der Waals surface area contributed by atoms with Crippen LogP contribution in [0, 0.1) is 0 Å². The van der Waals surface area contributed by atoms with E-state index >= 15 is 0 Å². The average molecular weight is 298 g/mol. The predicted molar refractivity (Wildman–Crippen MR) is 85.4 cm³/mol. The van der Waals surface area contributed by atoms with Crippen LogP contribution in [-0.4, -0.2) is 44.0 Å². The normalized spacial score (nSPS) is 13.8. The minimum Gasteiger partial charge on any atom is -0.385 e. The van der Waals surface area contributed by atoms with Gasteiger partial charge in [0, 0.05) is 54.9 Å². The number of ether oxygens (including phenoxy) is 1. The van der Waals surface area contributed by atoms with Crippen molar-refractivity contribution in [3.05, 3.63) is 41.5 Å². The second-order valence-corrected chi connectivity index (χ2v) is 5.33. The molecular weight excluding hydrogens is 280 g/mol. The summed E-state index contributed by atoms with van der Waals surface area (Å²) >= 11 is 0. The maximum absolute atomic E-state index is 12.3. The van der Waals surface area contributed by atoms with Gasteiger partial charge in [-0.25, -0.2) is 0 Å². The maximum atomic E-state index is 12.3. The molecule has 114 valence electrons. The van der Waals surface area contributed by atoms with E-state index in [2.05, 4.69) is 5.32 Å². The van der Waals surface area contributed by atoms with E-state index in [-0.39, 0.29) is 11.8 Å². The maximum Gasteiger partial charge on any atom is 0.261 e. The first-order valence-electron chi connectivity index (χ1n) is 7.26. The average Bonchev–Trinajstić information content (AvgIpc) is 2.55. The molecule has 5 heteroatoms. The number of anilines is 1. The molecule has 0 fully saturated rings. The molecule has 1 N–H and O–H groups in total. The van der Waals surface area contributed by atoms with E-state index in [1.165, 1.54) is 11.9 Å². The molecular formula is C17H18N2O3. The Bertz CT molecular complexity index is 733. The molecule has 0 unspecified atom stereocenters. The van der Waals surface area contributed by atoms with Gasteiger partial charge in [-0.15, -0.1) is 0 Å². The van der Waals surface area contributed by atoms with Gasteiger partial charge >= 0.3 is 0 Å². The Morgan fingerprint density at radius 2 is 1.82 bits per heavy atom. The number of carbonyl (C=O) groups excluding carboxylic acids is 2. The molecule has 0 saturated carbocycles. The highest BCUT2D eigenvalue weighted by Gasteiger charge is 2.30. The lowest BCUT2D eigenvalue weighted by molar-refractivity contribution is 0.0651. The van der Waals surface area contributed by atoms with Gasteiger partial charge < -0.3 is 10.1 Å². The van der Waals surface area contributed by atoms with Gasteiger partial charge in [0.05, 0.1) is 0 Å². The lowest BCUT2D eigenvalue weighted by Gasteiger charge is -2.24. The third kappa shape index (κ3) is 2.23. The van der Waals surface area contributed by atoms with Gasteiger partial charge in [0.25, 0.3) is 11.8 Å². The number of amides is 2. The van der Waals surface area contributed by atoms with Crippen LogP contribution in [0.25, 0.3) is 10.8 Å². The fraction of sp³-hybridized carbons (Fsp3) is 0.294. The summed E-state index contributed by atoms with van der Waals surface area (Å²) in [5.74, 6) is -0.501. The number of rotatable bonds is 5. The molecule has 1 heterocycles. The Morgan fingerprint density at radius 3 is 2.55 bits per heavy atom. The van der Waals surface area contributed by atoms with Gasteiger partial charge in [-0.05, 0) is 24.6 Å². The van der Waals surface area contributed by atoms with Gasteiger partial charge in [0.1, 0.15) is 0 Å². The van der Waals surface area contributed by atoms with Crippen LogP contribution < -0.4 is 5.32 Å². The molecule has 2 aromatic rings. The molecule has 2 amide bonds. The molecule has 0 radical (unpaired) electrons. The summed E-state index contributed by atoms with van der Waals surface area (Å²) in [6.45, 7) is 1.46. The third-order valence-electron chi connectivity index (χ3n) is 3.95. The Kier molecular flexibility index (Phi) is 3.81. The van der Waals surface area contributed by atoms with Crippen LogP contribution in [0.5, 0.6) is 0 Å². The zero-order valence-electron chi connectivity index (χ0n) is 12.7. The summed E-state index contributed by atoms with van der Waals surface area (Å²) in [6.07, 6.45) is 0.889. The Labute approximate surface area is 128 Å². The summed E-state index contributed by atoms with van der Waals surface area (Å²) in [5, 5.41) is 5.00. The molecule has 3 rings (SSSR count). The number of nitrogens with one attached hydrogen (secondary N) is 1.